The number of hydrogen-bond acceptors (Lipinski definition) is 8. The van der Waals surface area contributed by atoms with Crippen molar-refractivity contribution in [3.8, 4) is 10.6 Å². The molecular formula is C24H22F2N4O3S2. The van der Waals surface area contributed by atoms with E-state index >= 15 is 0 Å². The number of fused-ring (bicyclic) bond motifs is 1. The fourth-order valence-corrected chi connectivity index (χ4v) is 5.64. The Morgan fingerprint density at radius 1 is 1.20 bits per heavy atom. The number of nitrogens with one attached hydrogen (secondary N) is 1. The van der Waals surface area contributed by atoms with Crippen molar-refractivity contribution in [3.05, 3.63) is 46.7 Å². The first-order chi connectivity index (χ1) is 16.6. The lowest BCUT2D eigenvalue weighted by Crippen LogP contribution is -2.11. The SMILES string of the molecule is Cc1csc(-c2ccc(Nc3cc(CC(=O)C4CC4)nc4c3N=C(C(F)F)C4)c(S(C)(=O)=O)c2)n1. The van der Waals surface area contributed by atoms with Gasteiger partial charge in [0.05, 0.1) is 33.4 Å². The Morgan fingerprint density at radius 2 is 1.97 bits per heavy atom. The highest BCUT2D eigenvalue weighted by atomic mass is 32.2. The molecule has 3 heterocycles. The van der Waals surface area contributed by atoms with Gasteiger partial charge in [-0.1, -0.05) is 0 Å². The predicted octanol–water partition coefficient (Wildman–Crippen LogP) is 5.08. The molecule has 7 nitrogen and oxygen atoms in total. The summed E-state index contributed by atoms with van der Waals surface area (Å²) in [5.74, 6) is 0.101. The Balaban J connectivity index is 1.56. The Labute approximate surface area is 205 Å². The molecule has 0 bridgehead atoms. The fourth-order valence-electron chi connectivity index (χ4n) is 3.99. The molecule has 1 saturated carbocycles. The van der Waals surface area contributed by atoms with Crippen LogP contribution in [0.3, 0.4) is 0 Å². The standard InChI is InChI=1S/C24H22F2N4O3S2/c1-12-11-34-24(27-12)14-5-6-16(21(7-14)35(2,32)33)29-17-8-15(9-20(31)13-3-4-13)28-18-10-19(23(25)26)30-22(17)18/h5-8,11,13,23H,3-4,9-10H2,1-2H3,(H,28,29). The molecule has 2 aliphatic rings. The summed E-state index contributed by atoms with van der Waals surface area (Å²) in [6.45, 7) is 1.86. The molecular weight excluding hydrogens is 494 g/mol. The Morgan fingerprint density at radius 3 is 2.60 bits per heavy atom. The number of thiazole rings is 1. The van der Waals surface area contributed by atoms with Crippen molar-refractivity contribution < 1.29 is 22.0 Å². The summed E-state index contributed by atoms with van der Waals surface area (Å²) < 4.78 is 52.1. The number of aliphatic imine (C=N–C) groups is 1. The monoisotopic (exact) mass is 516 g/mol. The number of aromatic nitrogens is 2. The van der Waals surface area contributed by atoms with Gasteiger partial charge in [-0.3, -0.25) is 9.78 Å². The number of carbonyl (C=O) groups is 1. The second-order valence-electron chi connectivity index (χ2n) is 8.86. The van der Waals surface area contributed by atoms with Crippen LogP contribution in [0.1, 0.15) is 29.9 Å². The van der Waals surface area contributed by atoms with Gasteiger partial charge < -0.3 is 5.32 Å². The lowest BCUT2D eigenvalue weighted by Gasteiger charge is -2.15. The first-order valence-corrected chi connectivity index (χ1v) is 13.8. The number of benzene rings is 1. The average molecular weight is 517 g/mol. The number of rotatable bonds is 8. The lowest BCUT2D eigenvalue weighted by atomic mass is 10.1. The minimum atomic E-state index is -3.66. The van der Waals surface area contributed by atoms with Crippen molar-refractivity contribution in [2.45, 2.75) is 43.9 Å². The Hall–Kier alpha value is -3.05. The second-order valence-corrected chi connectivity index (χ2v) is 11.7. The number of ketones is 1. The second kappa shape index (κ2) is 8.87. The Bertz CT molecular complexity index is 1480. The minimum Gasteiger partial charge on any atom is -0.353 e. The van der Waals surface area contributed by atoms with E-state index in [4.69, 9.17) is 0 Å². The highest BCUT2D eigenvalue weighted by Gasteiger charge is 2.31. The van der Waals surface area contributed by atoms with Crippen LogP contribution in [0.4, 0.5) is 25.8 Å². The zero-order valence-electron chi connectivity index (χ0n) is 19.0. The maximum atomic E-state index is 13.4. The third-order valence-corrected chi connectivity index (χ3v) is 8.02. The van der Waals surface area contributed by atoms with E-state index in [0.29, 0.717) is 27.6 Å². The molecule has 0 saturated heterocycles. The summed E-state index contributed by atoms with van der Waals surface area (Å²) in [5, 5.41) is 5.65. The first-order valence-electron chi connectivity index (χ1n) is 11.0. The van der Waals surface area contributed by atoms with Crippen LogP contribution >= 0.6 is 11.3 Å². The fraction of sp³-hybridized carbons (Fsp3) is 0.333. The summed E-state index contributed by atoms with van der Waals surface area (Å²) in [4.78, 5) is 25.4. The maximum Gasteiger partial charge on any atom is 0.277 e. The largest absolute Gasteiger partial charge is 0.353 e. The van der Waals surface area contributed by atoms with E-state index in [1.54, 1.807) is 24.3 Å². The van der Waals surface area contributed by atoms with Crippen LogP contribution in [-0.4, -0.2) is 42.6 Å². The molecule has 0 spiro atoms. The van der Waals surface area contributed by atoms with Crippen LogP contribution in [0.2, 0.25) is 0 Å². The number of Topliss-reactive ketones (excluding diaryl/α,β-unsaturated/α-hetero) is 1. The molecule has 0 amide bonds. The lowest BCUT2D eigenvalue weighted by molar-refractivity contribution is -0.119. The molecule has 182 valence electrons. The highest BCUT2D eigenvalue weighted by Crippen LogP contribution is 2.40. The maximum absolute atomic E-state index is 13.4. The van der Waals surface area contributed by atoms with Crippen LogP contribution in [0.15, 0.2) is 39.5 Å². The molecule has 2 aromatic heterocycles. The van der Waals surface area contributed by atoms with Gasteiger partial charge in [-0.15, -0.1) is 11.3 Å². The molecule has 1 aromatic carbocycles. The van der Waals surface area contributed by atoms with E-state index < -0.39 is 16.3 Å². The van der Waals surface area contributed by atoms with Crippen molar-refractivity contribution in [1.29, 1.82) is 0 Å². The molecule has 1 aliphatic heterocycles. The van der Waals surface area contributed by atoms with Gasteiger partial charge in [0.2, 0.25) is 0 Å². The number of sulfone groups is 1. The quantitative estimate of drug-likeness (QED) is 0.448. The smallest absolute Gasteiger partial charge is 0.277 e. The van der Waals surface area contributed by atoms with Crippen molar-refractivity contribution >= 4 is 49.7 Å². The van der Waals surface area contributed by atoms with E-state index in [2.05, 4.69) is 20.3 Å². The van der Waals surface area contributed by atoms with Crippen molar-refractivity contribution in [3.63, 3.8) is 0 Å². The number of alkyl halides is 2. The van der Waals surface area contributed by atoms with Gasteiger partial charge in [0.15, 0.2) is 9.84 Å². The number of hydrogen-bond donors (Lipinski definition) is 1. The van der Waals surface area contributed by atoms with Crippen LogP contribution in [0.25, 0.3) is 10.6 Å². The molecule has 0 atom stereocenters. The number of carbonyl (C=O) groups excluding carboxylic acids is 1. The number of halogens is 2. The van der Waals surface area contributed by atoms with E-state index in [9.17, 15) is 22.0 Å². The molecule has 1 N–H and O–H groups in total. The van der Waals surface area contributed by atoms with Crippen molar-refractivity contribution in [2.75, 3.05) is 11.6 Å². The molecule has 1 fully saturated rings. The van der Waals surface area contributed by atoms with Gasteiger partial charge in [-0.25, -0.2) is 27.2 Å². The normalized spacial score (nSPS) is 15.3. The molecule has 3 aromatic rings. The zero-order valence-corrected chi connectivity index (χ0v) is 20.6. The van der Waals surface area contributed by atoms with Gasteiger partial charge in [0.1, 0.15) is 16.5 Å². The van der Waals surface area contributed by atoms with E-state index in [0.717, 1.165) is 24.8 Å². The van der Waals surface area contributed by atoms with Gasteiger partial charge in [-0.05, 0) is 44.0 Å². The molecule has 5 rings (SSSR count). The first kappa shape index (κ1) is 23.7. The van der Waals surface area contributed by atoms with Gasteiger partial charge in [0, 0.05) is 41.7 Å². The summed E-state index contributed by atoms with van der Waals surface area (Å²) in [5.41, 5.74) is 2.83. The predicted molar refractivity (Wildman–Crippen MR) is 131 cm³/mol. The Kier molecular flexibility index (Phi) is 6.00. The highest BCUT2D eigenvalue weighted by molar-refractivity contribution is 7.90. The molecule has 0 radical (unpaired) electrons. The van der Waals surface area contributed by atoms with E-state index in [1.165, 1.54) is 11.3 Å². The van der Waals surface area contributed by atoms with Crippen molar-refractivity contribution in [2.24, 2.45) is 10.9 Å². The number of nitrogens with zero attached hydrogens (tertiary/aromatic N) is 3. The topological polar surface area (TPSA) is 101 Å². The summed E-state index contributed by atoms with van der Waals surface area (Å²) in [6, 6.07) is 6.52. The summed E-state index contributed by atoms with van der Waals surface area (Å²) in [7, 11) is -3.66. The van der Waals surface area contributed by atoms with Gasteiger partial charge in [-0.2, -0.15) is 0 Å². The summed E-state index contributed by atoms with van der Waals surface area (Å²) in [6.07, 6.45) is 0.0635. The third-order valence-electron chi connectivity index (χ3n) is 5.88. The minimum absolute atomic E-state index is 0.0354. The third kappa shape index (κ3) is 5.01. The van der Waals surface area contributed by atoms with Crippen LogP contribution in [0, 0.1) is 12.8 Å². The number of aryl methyl sites for hydroxylation is 1. The van der Waals surface area contributed by atoms with E-state index in [1.807, 2.05) is 12.3 Å². The molecule has 35 heavy (non-hydrogen) atoms. The number of pyridine rings is 1. The molecule has 11 heteroatoms. The van der Waals surface area contributed by atoms with Crippen molar-refractivity contribution in [1.82, 2.24) is 9.97 Å². The molecule has 1 aliphatic carbocycles. The van der Waals surface area contributed by atoms with Crippen LogP contribution in [-0.2, 0) is 27.5 Å². The van der Waals surface area contributed by atoms with Gasteiger partial charge >= 0.3 is 0 Å². The zero-order chi connectivity index (χ0) is 24.9. The van der Waals surface area contributed by atoms with Crippen LogP contribution < -0.4 is 5.32 Å². The van der Waals surface area contributed by atoms with Gasteiger partial charge in [0.25, 0.3) is 6.43 Å². The summed E-state index contributed by atoms with van der Waals surface area (Å²) >= 11 is 1.41. The van der Waals surface area contributed by atoms with Crippen LogP contribution in [0.5, 0.6) is 0 Å². The molecule has 0 unspecified atom stereocenters. The average Bonchev–Trinajstić information content (AvgIpc) is 3.41. The van der Waals surface area contributed by atoms with E-state index in [-0.39, 0.29) is 46.5 Å². The number of anilines is 2.